The van der Waals surface area contributed by atoms with Crippen molar-refractivity contribution >= 4 is 0 Å². The standard InChI is InChI=1S/C14H29N/c1-3-5-8-13(4-2)10-11-14-9-6-7-12-15-14/h13-15H,3-12H2,1-2H3. The van der Waals surface area contributed by atoms with Crippen molar-refractivity contribution in [2.45, 2.75) is 77.7 Å². The molecular weight excluding hydrogens is 182 g/mol. The lowest BCUT2D eigenvalue weighted by molar-refractivity contribution is 0.330. The molecule has 1 N–H and O–H groups in total. The number of nitrogens with one attached hydrogen (secondary N) is 1. The van der Waals surface area contributed by atoms with Crippen LogP contribution in [0.15, 0.2) is 0 Å². The summed E-state index contributed by atoms with van der Waals surface area (Å²) in [6, 6.07) is 0.842. The van der Waals surface area contributed by atoms with Crippen LogP contribution >= 0.6 is 0 Å². The lowest BCUT2D eigenvalue weighted by atomic mass is 9.90. The van der Waals surface area contributed by atoms with Crippen molar-refractivity contribution in [3.8, 4) is 0 Å². The van der Waals surface area contributed by atoms with Crippen molar-refractivity contribution in [1.82, 2.24) is 5.32 Å². The minimum absolute atomic E-state index is 0.842. The van der Waals surface area contributed by atoms with E-state index in [2.05, 4.69) is 19.2 Å². The molecule has 1 heterocycles. The Labute approximate surface area is 96.0 Å². The summed E-state index contributed by atoms with van der Waals surface area (Å²) in [5.41, 5.74) is 0. The van der Waals surface area contributed by atoms with Gasteiger partial charge in [0, 0.05) is 6.04 Å². The summed E-state index contributed by atoms with van der Waals surface area (Å²) in [5.74, 6) is 0.994. The second-order valence-electron chi connectivity index (χ2n) is 5.14. The molecule has 0 aromatic carbocycles. The fraction of sp³-hybridized carbons (Fsp3) is 1.00. The van der Waals surface area contributed by atoms with Gasteiger partial charge in [0.2, 0.25) is 0 Å². The van der Waals surface area contributed by atoms with Gasteiger partial charge in [-0.25, -0.2) is 0 Å². The Morgan fingerprint density at radius 2 is 2.07 bits per heavy atom. The van der Waals surface area contributed by atoms with Gasteiger partial charge in [0.05, 0.1) is 0 Å². The summed E-state index contributed by atoms with van der Waals surface area (Å²) in [6.45, 7) is 5.92. The Hall–Kier alpha value is -0.0400. The van der Waals surface area contributed by atoms with Crippen LogP contribution in [0, 0.1) is 5.92 Å². The van der Waals surface area contributed by atoms with Gasteiger partial charge in [0.25, 0.3) is 0 Å². The van der Waals surface area contributed by atoms with E-state index in [1.54, 1.807) is 0 Å². The van der Waals surface area contributed by atoms with Crippen LogP contribution < -0.4 is 5.32 Å². The second-order valence-corrected chi connectivity index (χ2v) is 5.14. The first-order valence-corrected chi connectivity index (χ1v) is 7.10. The highest BCUT2D eigenvalue weighted by atomic mass is 14.9. The van der Waals surface area contributed by atoms with E-state index in [-0.39, 0.29) is 0 Å². The average molecular weight is 211 g/mol. The van der Waals surface area contributed by atoms with Gasteiger partial charge in [0.1, 0.15) is 0 Å². The number of hydrogen-bond donors (Lipinski definition) is 1. The van der Waals surface area contributed by atoms with Crippen molar-refractivity contribution in [2.24, 2.45) is 5.92 Å². The lowest BCUT2D eigenvalue weighted by Crippen LogP contribution is -2.34. The zero-order chi connectivity index (χ0) is 10.9. The van der Waals surface area contributed by atoms with Gasteiger partial charge >= 0.3 is 0 Å². The van der Waals surface area contributed by atoms with Crippen molar-refractivity contribution in [3.05, 3.63) is 0 Å². The van der Waals surface area contributed by atoms with Crippen LogP contribution in [0.3, 0.4) is 0 Å². The van der Waals surface area contributed by atoms with Crippen LogP contribution in [-0.4, -0.2) is 12.6 Å². The highest BCUT2D eigenvalue weighted by Crippen LogP contribution is 2.21. The van der Waals surface area contributed by atoms with E-state index in [0.717, 1.165) is 12.0 Å². The Morgan fingerprint density at radius 3 is 2.67 bits per heavy atom. The molecule has 2 unspecified atom stereocenters. The molecule has 0 aromatic heterocycles. The fourth-order valence-electron chi connectivity index (χ4n) is 2.65. The minimum Gasteiger partial charge on any atom is -0.314 e. The molecule has 1 aliphatic rings. The molecule has 0 aromatic rings. The molecular formula is C14H29N. The maximum absolute atomic E-state index is 3.65. The Bertz CT molecular complexity index is 138. The van der Waals surface area contributed by atoms with E-state index >= 15 is 0 Å². The summed E-state index contributed by atoms with van der Waals surface area (Å²) in [5, 5.41) is 3.65. The average Bonchev–Trinajstić information content (AvgIpc) is 2.31. The predicted octanol–water partition coefficient (Wildman–Crippen LogP) is 4.13. The quantitative estimate of drug-likeness (QED) is 0.668. The third-order valence-corrected chi connectivity index (χ3v) is 3.88. The maximum atomic E-state index is 3.65. The van der Waals surface area contributed by atoms with Gasteiger partial charge in [-0.1, -0.05) is 46.0 Å². The van der Waals surface area contributed by atoms with Gasteiger partial charge in [0.15, 0.2) is 0 Å². The lowest BCUT2D eigenvalue weighted by Gasteiger charge is -2.25. The van der Waals surface area contributed by atoms with Crippen LogP contribution in [0.5, 0.6) is 0 Å². The van der Waals surface area contributed by atoms with E-state index in [0.29, 0.717) is 0 Å². The van der Waals surface area contributed by atoms with Crippen LogP contribution in [0.25, 0.3) is 0 Å². The molecule has 0 spiro atoms. The molecule has 0 bridgehead atoms. The van der Waals surface area contributed by atoms with Gasteiger partial charge in [-0.2, -0.15) is 0 Å². The number of piperidine rings is 1. The Balaban J connectivity index is 2.09. The van der Waals surface area contributed by atoms with Crippen molar-refractivity contribution in [2.75, 3.05) is 6.54 Å². The highest BCUT2D eigenvalue weighted by Gasteiger charge is 2.14. The van der Waals surface area contributed by atoms with Gasteiger partial charge in [-0.05, 0) is 38.1 Å². The Kier molecular flexibility index (Phi) is 7.08. The van der Waals surface area contributed by atoms with Crippen molar-refractivity contribution < 1.29 is 0 Å². The van der Waals surface area contributed by atoms with Crippen LogP contribution in [0.1, 0.15) is 71.6 Å². The van der Waals surface area contributed by atoms with E-state index in [1.165, 1.54) is 64.3 Å². The zero-order valence-corrected chi connectivity index (χ0v) is 10.7. The summed E-state index contributed by atoms with van der Waals surface area (Å²) < 4.78 is 0. The molecule has 1 nitrogen and oxygen atoms in total. The summed E-state index contributed by atoms with van der Waals surface area (Å²) in [4.78, 5) is 0. The van der Waals surface area contributed by atoms with Crippen molar-refractivity contribution in [3.63, 3.8) is 0 Å². The maximum Gasteiger partial charge on any atom is 0.00671 e. The fourth-order valence-corrected chi connectivity index (χ4v) is 2.65. The van der Waals surface area contributed by atoms with Crippen molar-refractivity contribution in [1.29, 1.82) is 0 Å². The molecule has 15 heavy (non-hydrogen) atoms. The molecule has 90 valence electrons. The molecule has 2 atom stereocenters. The topological polar surface area (TPSA) is 12.0 Å². The molecule has 1 heteroatoms. The molecule has 0 amide bonds. The van der Waals surface area contributed by atoms with E-state index in [9.17, 15) is 0 Å². The van der Waals surface area contributed by atoms with E-state index in [1.807, 2.05) is 0 Å². The molecule has 1 saturated heterocycles. The van der Waals surface area contributed by atoms with E-state index < -0.39 is 0 Å². The van der Waals surface area contributed by atoms with Gasteiger partial charge in [-0.15, -0.1) is 0 Å². The first-order valence-electron chi connectivity index (χ1n) is 7.10. The van der Waals surface area contributed by atoms with Crippen LogP contribution in [-0.2, 0) is 0 Å². The number of hydrogen-bond acceptors (Lipinski definition) is 1. The smallest absolute Gasteiger partial charge is 0.00671 e. The summed E-state index contributed by atoms with van der Waals surface area (Å²) in [7, 11) is 0. The molecule has 0 saturated carbocycles. The summed E-state index contributed by atoms with van der Waals surface area (Å²) in [6.07, 6.45) is 12.8. The normalized spacial score (nSPS) is 24.0. The molecule has 0 aliphatic carbocycles. The minimum atomic E-state index is 0.842. The largest absolute Gasteiger partial charge is 0.314 e. The van der Waals surface area contributed by atoms with E-state index in [4.69, 9.17) is 0 Å². The first-order chi connectivity index (χ1) is 7.36. The molecule has 1 fully saturated rings. The van der Waals surface area contributed by atoms with Crippen LogP contribution in [0.2, 0.25) is 0 Å². The van der Waals surface area contributed by atoms with Gasteiger partial charge in [-0.3, -0.25) is 0 Å². The molecule has 1 rings (SSSR count). The number of rotatable bonds is 7. The Morgan fingerprint density at radius 1 is 1.20 bits per heavy atom. The van der Waals surface area contributed by atoms with Crippen LogP contribution in [0.4, 0.5) is 0 Å². The predicted molar refractivity (Wildman–Crippen MR) is 68.2 cm³/mol. The number of unbranched alkanes of at least 4 members (excludes halogenated alkanes) is 1. The molecule has 0 radical (unpaired) electrons. The first kappa shape index (κ1) is 13.0. The zero-order valence-electron chi connectivity index (χ0n) is 10.7. The second kappa shape index (κ2) is 8.15. The summed E-state index contributed by atoms with van der Waals surface area (Å²) >= 11 is 0. The highest BCUT2D eigenvalue weighted by molar-refractivity contribution is 4.73. The molecule has 1 aliphatic heterocycles. The third kappa shape index (κ3) is 5.55. The monoisotopic (exact) mass is 211 g/mol. The SMILES string of the molecule is CCCCC(CC)CCC1CCCCN1. The third-order valence-electron chi connectivity index (χ3n) is 3.88. The van der Waals surface area contributed by atoms with Gasteiger partial charge < -0.3 is 5.32 Å².